The Morgan fingerprint density at radius 3 is 2.39 bits per heavy atom. The Bertz CT molecular complexity index is 440. The maximum atomic E-state index is 11.6. The van der Waals surface area contributed by atoms with E-state index in [1.807, 2.05) is 6.07 Å². The summed E-state index contributed by atoms with van der Waals surface area (Å²) >= 11 is 3.34. The summed E-state index contributed by atoms with van der Waals surface area (Å²) in [6, 6.07) is 7.03. The molecule has 18 heavy (non-hydrogen) atoms. The van der Waals surface area contributed by atoms with Crippen molar-refractivity contribution < 1.29 is 15.0 Å². The van der Waals surface area contributed by atoms with Crippen molar-refractivity contribution in [1.82, 2.24) is 0 Å². The minimum absolute atomic E-state index is 0.206. The molecule has 1 fully saturated rings. The first-order chi connectivity index (χ1) is 8.56. The zero-order valence-electron chi connectivity index (χ0n) is 10.1. The number of hydrogen-bond donors (Lipinski definition) is 2. The lowest BCUT2D eigenvalue weighted by molar-refractivity contribution is -0.168. The van der Waals surface area contributed by atoms with Crippen molar-refractivity contribution in [2.24, 2.45) is 5.92 Å². The Labute approximate surface area is 115 Å². The highest BCUT2D eigenvalue weighted by molar-refractivity contribution is 9.10. The van der Waals surface area contributed by atoms with E-state index in [0.29, 0.717) is 10.0 Å². The fourth-order valence-electron chi connectivity index (χ4n) is 2.80. The second kappa shape index (κ2) is 5.41. The van der Waals surface area contributed by atoms with E-state index in [2.05, 4.69) is 15.9 Å². The Kier molecular flexibility index (Phi) is 4.07. The average molecular weight is 313 g/mol. The minimum Gasteiger partial charge on any atom is -0.479 e. The van der Waals surface area contributed by atoms with Gasteiger partial charge in [-0.05, 0) is 18.9 Å². The smallest absolute Gasteiger partial charge is 0.340 e. The third kappa shape index (κ3) is 2.31. The highest BCUT2D eigenvalue weighted by atomic mass is 79.9. The van der Waals surface area contributed by atoms with Crippen LogP contribution in [0.2, 0.25) is 0 Å². The number of aliphatic hydroxyl groups is 1. The first kappa shape index (κ1) is 13.6. The predicted molar refractivity (Wildman–Crippen MR) is 72.2 cm³/mol. The van der Waals surface area contributed by atoms with Gasteiger partial charge in [0.1, 0.15) is 0 Å². The van der Waals surface area contributed by atoms with E-state index in [0.717, 1.165) is 32.1 Å². The topological polar surface area (TPSA) is 57.5 Å². The molecule has 4 heteroatoms. The summed E-state index contributed by atoms with van der Waals surface area (Å²) in [5.41, 5.74) is -1.31. The summed E-state index contributed by atoms with van der Waals surface area (Å²) in [7, 11) is 0. The maximum absolute atomic E-state index is 11.6. The Balaban J connectivity index is 2.43. The molecule has 0 amide bonds. The normalized spacial score (nSPS) is 20.3. The number of rotatable bonds is 3. The largest absolute Gasteiger partial charge is 0.479 e. The number of carboxylic acids is 1. The van der Waals surface area contributed by atoms with Gasteiger partial charge in [0.05, 0.1) is 0 Å². The van der Waals surface area contributed by atoms with Gasteiger partial charge in [-0.2, -0.15) is 0 Å². The van der Waals surface area contributed by atoms with Gasteiger partial charge in [-0.25, -0.2) is 4.79 Å². The van der Waals surface area contributed by atoms with E-state index < -0.39 is 11.6 Å². The highest BCUT2D eigenvalue weighted by Gasteiger charge is 2.46. The van der Waals surface area contributed by atoms with Gasteiger partial charge >= 0.3 is 5.97 Å². The molecule has 98 valence electrons. The van der Waals surface area contributed by atoms with E-state index in [-0.39, 0.29) is 5.92 Å². The number of benzene rings is 1. The Morgan fingerprint density at radius 1 is 1.22 bits per heavy atom. The SMILES string of the molecule is O=C(O)C(O)(c1ccccc1Br)C1CCCCC1. The van der Waals surface area contributed by atoms with Gasteiger partial charge in [0.15, 0.2) is 5.60 Å². The minimum atomic E-state index is -1.78. The molecule has 1 aromatic rings. The van der Waals surface area contributed by atoms with E-state index in [1.165, 1.54) is 0 Å². The molecule has 1 unspecified atom stereocenters. The molecule has 0 heterocycles. The summed E-state index contributed by atoms with van der Waals surface area (Å²) in [6.07, 6.45) is 4.64. The summed E-state index contributed by atoms with van der Waals surface area (Å²) < 4.78 is 0.653. The molecule has 0 bridgehead atoms. The molecule has 1 atom stereocenters. The molecule has 3 nitrogen and oxygen atoms in total. The van der Waals surface area contributed by atoms with Crippen LogP contribution in [-0.2, 0) is 10.4 Å². The maximum Gasteiger partial charge on any atom is 0.340 e. The zero-order valence-corrected chi connectivity index (χ0v) is 11.7. The van der Waals surface area contributed by atoms with Crippen molar-refractivity contribution >= 4 is 21.9 Å². The summed E-state index contributed by atoms with van der Waals surface area (Å²) in [6.45, 7) is 0. The van der Waals surface area contributed by atoms with Gasteiger partial charge in [-0.1, -0.05) is 53.4 Å². The lowest BCUT2D eigenvalue weighted by atomic mass is 9.73. The van der Waals surface area contributed by atoms with Crippen molar-refractivity contribution in [3.05, 3.63) is 34.3 Å². The second-order valence-electron chi connectivity index (χ2n) is 4.89. The van der Waals surface area contributed by atoms with E-state index in [9.17, 15) is 15.0 Å². The third-order valence-electron chi connectivity index (χ3n) is 3.81. The van der Waals surface area contributed by atoms with Crippen LogP contribution >= 0.6 is 15.9 Å². The first-order valence-electron chi connectivity index (χ1n) is 6.27. The van der Waals surface area contributed by atoms with Crippen LogP contribution in [0, 0.1) is 5.92 Å². The number of hydrogen-bond acceptors (Lipinski definition) is 2. The molecule has 2 N–H and O–H groups in total. The molecule has 2 rings (SSSR count). The first-order valence-corrected chi connectivity index (χ1v) is 7.07. The Hall–Kier alpha value is -0.870. The predicted octanol–water partition coefficient (Wildman–Crippen LogP) is 3.30. The van der Waals surface area contributed by atoms with Crippen LogP contribution in [0.15, 0.2) is 28.7 Å². The fraction of sp³-hybridized carbons (Fsp3) is 0.500. The van der Waals surface area contributed by atoms with Gasteiger partial charge in [0.2, 0.25) is 0 Å². The highest BCUT2D eigenvalue weighted by Crippen LogP contribution is 2.41. The number of carbonyl (C=O) groups is 1. The number of carboxylic acid groups (broad SMARTS) is 1. The average Bonchev–Trinajstić information content (AvgIpc) is 2.39. The molecule has 0 aliphatic heterocycles. The van der Waals surface area contributed by atoms with Gasteiger partial charge in [-0.15, -0.1) is 0 Å². The van der Waals surface area contributed by atoms with Crippen LogP contribution in [0.3, 0.4) is 0 Å². The van der Waals surface area contributed by atoms with Crippen molar-refractivity contribution in [3.63, 3.8) is 0 Å². The lowest BCUT2D eigenvalue weighted by Crippen LogP contribution is -2.44. The van der Waals surface area contributed by atoms with Crippen LogP contribution in [-0.4, -0.2) is 16.2 Å². The van der Waals surface area contributed by atoms with E-state index in [1.54, 1.807) is 18.2 Å². The molecule has 0 aromatic heterocycles. The van der Waals surface area contributed by atoms with Crippen LogP contribution in [0.1, 0.15) is 37.7 Å². The molecular weight excluding hydrogens is 296 g/mol. The molecule has 0 spiro atoms. The lowest BCUT2D eigenvalue weighted by Gasteiger charge is -2.35. The summed E-state index contributed by atoms with van der Waals surface area (Å²) in [5.74, 6) is -1.36. The molecule has 1 aromatic carbocycles. The van der Waals surface area contributed by atoms with Crippen LogP contribution in [0.4, 0.5) is 0 Å². The van der Waals surface area contributed by atoms with E-state index in [4.69, 9.17) is 0 Å². The molecule has 0 radical (unpaired) electrons. The number of aliphatic carboxylic acids is 1. The molecule has 1 saturated carbocycles. The van der Waals surface area contributed by atoms with Gasteiger partial charge in [-0.3, -0.25) is 0 Å². The van der Waals surface area contributed by atoms with E-state index >= 15 is 0 Å². The molecule has 1 aliphatic carbocycles. The van der Waals surface area contributed by atoms with Crippen molar-refractivity contribution in [2.75, 3.05) is 0 Å². The van der Waals surface area contributed by atoms with Crippen LogP contribution in [0.25, 0.3) is 0 Å². The molecule has 1 aliphatic rings. The van der Waals surface area contributed by atoms with Crippen molar-refractivity contribution in [1.29, 1.82) is 0 Å². The monoisotopic (exact) mass is 312 g/mol. The van der Waals surface area contributed by atoms with Crippen molar-refractivity contribution in [3.8, 4) is 0 Å². The van der Waals surface area contributed by atoms with Gasteiger partial charge in [0, 0.05) is 16.0 Å². The second-order valence-corrected chi connectivity index (χ2v) is 5.74. The van der Waals surface area contributed by atoms with Gasteiger partial charge in [0.25, 0.3) is 0 Å². The van der Waals surface area contributed by atoms with Crippen LogP contribution in [0.5, 0.6) is 0 Å². The molecule has 0 saturated heterocycles. The fourth-order valence-corrected chi connectivity index (χ4v) is 3.39. The van der Waals surface area contributed by atoms with Gasteiger partial charge < -0.3 is 10.2 Å². The summed E-state index contributed by atoms with van der Waals surface area (Å²) in [5, 5.41) is 20.2. The molecular formula is C14H17BrO3. The number of halogens is 1. The standard InChI is InChI=1S/C14H17BrO3/c15-12-9-5-4-8-11(12)14(18,13(16)17)10-6-2-1-3-7-10/h4-5,8-10,18H,1-3,6-7H2,(H,16,17). The quantitative estimate of drug-likeness (QED) is 0.900. The zero-order chi connectivity index (χ0) is 13.2. The van der Waals surface area contributed by atoms with Crippen LogP contribution < -0.4 is 0 Å². The Morgan fingerprint density at radius 2 is 1.83 bits per heavy atom. The summed E-state index contributed by atoms with van der Waals surface area (Å²) in [4.78, 5) is 11.6. The van der Waals surface area contributed by atoms with Crippen molar-refractivity contribution in [2.45, 2.75) is 37.7 Å². The third-order valence-corrected chi connectivity index (χ3v) is 4.50.